The molecule has 0 unspecified atom stereocenters. The van der Waals surface area contributed by atoms with Gasteiger partial charge in [0.15, 0.2) is 0 Å². The van der Waals surface area contributed by atoms with Gasteiger partial charge in [0.1, 0.15) is 0 Å². The summed E-state index contributed by atoms with van der Waals surface area (Å²) >= 11 is 0. The average Bonchev–Trinajstić information content (AvgIpc) is 2.90. The first kappa shape index (κ1) is 30.4. The van der Waals surface area contributed by atoms with E-state index in [4.69, 9.17) is 5.73 Å². The Balaban J connectivity index is 1.47. The summed E-state index contributed by atoms with van der Waals surface area (Å²) in [6, 6.07) is 11.2. The number of carbonyl (C=O) groups excluding carboxylic acids is 1. The molecule has 0 radical (unpaired) electrons. The first-order valence-electron chi connectivity index (χ1n) is 13.9. The molecule has 2 aromatic carbocycles. The van der Waals surface area contributed by atoms with E-state index in [2.05, 4.69) is 10.6 Å². The fourth-order valence-electron chi connectivity index (χ4n) is 5.34. The number of carbonyl (C=O) groups is 1. The maximum absolute atomic E-state index is 13.3. The second-order valence-electron chi connectivity index (χ2n) is 10.8. The minimum atomic E-state index is -3.62. The second kappa shape index (κ2) is 13.0. The number of piperidine rings is 1. The number of sulfonamides is 2. The van der Waals surface area contributed by atoms with Gasteiger partial charge in [-0.15, -0.1) is 0 Å². The first-order valence-corrected chi connectivity index (χ1v) is 17.2. The van der Waals surface area contributed by atoms with Crippen molar-refractivity contribution in [2.24, 2.45) is 17.6 Å². The molecule has 1 aliphatic heterocycles. The molecule has 220 valence electrons. The molecule has 0 aromatic heterocycles. The van der Waals surface area contributed by atoms with Gasteiger partial charge in [-0.2, -0.15) is 4.31 Å². The van der Waals surface area contributed by atoms with Crippen LogP contribution in [0.2, 0.25) is 0 Å². The van der Waals surface area contributed by atoms with Crippen LogP contribution >= 0.6 is 0 Å². The lowest BCUT2D eigenvalue weighted by atomic mass is 9.72. The molecule has 4 rings (SSSR count). The molecule has 2 fully saturated rings. The molecule has 1 amide bonds. The largest absolute Gasteiger partial charge is 0.330 e. The Bertz CT molecular complexity index is 1380. The third-order valence-corrected chi connectivity index (χ3v) is 11.2. The molecule has 10 nitrogen and oxygen atoms in total. The predicted octanol–water partition coefficient (Wildman–Crippen LogP) is 2.97. The van der Waals surface area contributed by atoms with Crippen LogP contribution in [0.3, 0.4) is 0 Å². The highest BCUT2D eigenvalue weighted by Crippen LogP contribution is 2.39. The Hall–Kier alpha value is -2.51. The van der Waals surface area contributed by atoms with Crippen molar-refractivity contribution in [1.82, 2.24) is 9.62 Å². The Kier molecular flexibility index (Phi) is 9.89. The molecule has 12 heteroatoms. The van der Waals surface area contributed by atoms with Crippen molar-refractivity contribution >= 4 is 37.3 Å². The number of amides is 1. The van der Waals surface area contributed by atoms with Crippen LogP contribution < -0.4 is 20.7 Å². The zero-order valence-corrected chi connectivity index (χ0v) is 24.9. The highest BCUT2D eigenvalue weighted by atomic mass is 32.2. The van der Waals surface area contributed by atoms with Crippen LogP contribution in [0.5, 0.6) is 0 Å². The third-order valence-electron chi connectivity index (χ3n) is 8.09. The molecule has 0 bridgehead atoms. The summed E-state index contributed by atoms with van der Waals surface area (Å²) in [5.41, 5.74) is 7.20. The van der Waals surface area contributed by atoms with Crippen LogP contribution in [0.1, 0.15) is 54.4 Å². The van der Waals surface area contributed by atoms with Crippen LogP contribution in [-0.2, 0) is 26.6 Å². The van der Waals surface area contributed by atoms with Gasteiger partial charge in [0.05, 0.1) is 22.4 Å². The summed E-state index contributed by atoms with van der Waals surface area (Å²) in [4.78, 5) is 13.5. The number of anilines is 2. The zero-order chi connectivity index (χ0) is 28.9. The first-order chi connectivity index (χ1) is 19.0. The Labute approximate surface area is 238 Å². The van der Waals surface area contributed by atoms with Crippen LogP contribution in [0, 0.1) is 11.8 Å². The van der Waals surface area contributed by atoms with Crippen molar-refractivity contribution < 1.29 is 21.6 Å². The number of rotatable bonds is 12. The fraction of sp³-hybridized carbons (Fsp3) is 0.536. The summed E-state index contributed by atoms with van der Waals surface area (Å²) in [6.07, 6.45) is 7.53. The molecular weight excluding hydrogens is 550 g/mol. The second-order valence-corrected chi connectivity index (χ2v) is 14.8. The quantitative estimate of drug-likeness (QED) is 0.322. The average molecular weight is 592 g/mol. The van der Waals surface area contributed by atoms with E-state index >= 15 is 0 Å². The smallest absolute Gasteiger partial charge is 0.257 e. The molecule has 2 aromatic rings. The number of nitrogens with zero attached hydrogens (tertiary/aromatic N) is 2. The monoisotopic (exact) mass is 591 g/mol. The molecule has 1 aliphatic carbocycles. The molecule has 1 saturated carbocycles. The molecule has 2 aliphatic rings. The van der Waals surface area contributed by atoms with Gasteiger partial charge < -0.3 is 16.4 Å². The van der Waals surface area contributed by atoms with Crippen molar-refractivity contribution in [2.45, 2.75) is 50.0 Å². The van der Waals surface area contributed by atoms with Crippen LogP contribution in [0.4, 0.5) is 11.4 Å². The maximum Gasteiger partial charge on any atom is 0.257 e. The number of hydrogen-bond acceptors (Lipinski definition) is 7. The maximum atomic E-state index is 13.3. The summed E-state index contributed by atoms with van der Waals surface area (Å²) in [6.45, 7) is 2.86. The van der Waals surface area contributed by atoms with E-state index in [1.807, 2.05) is 0 Å². The summed E-state index contributed by atoms with van der Waals surface area (Å²) in [7, 11) is -5.83. The number of nitrogens with one attached hydrogen (secondary N) is 2. The highest BCUT2D eigenvalue weighted by molar-refractivity contribution is 7.92. The van der Waals surface area contributed by atoms with Crippen molar-refractivity contribution in [2.75, 3.05) is 49.1 Å². The van der Waals surface area contributed by atoms with E-state index in [1.54, 1.807) is 34.6 Å². The lowest BCUT2D eigenvalue weighted by Crippen LogP contribution is -2.41. The lowest BCUT2D eigenvalue weighted by molar-refractivity contribution is 0.102. The molecular formula is C28H41N5O5S2. The van der Waals surface area contributed by atoms with E-state index in [9.17, 15) is 21.6 Å². The summed E-state index contributed by atoms with van der Waals surface area (Å²) < 4.78 is 53.6. The van der Waals surface area contributed by atoms with E-state index < -0.39 is 26.0 Å². The number of benzene rings is 2. The van der Waals surface area contributed by atoms with E-state index in [-0.39, 0.29) is 16.1 Å². The minimum Gasteiger partial charge on any atom is -0.330 e. The van der Waals surface area contributed by atoms with E-state index in [0.717, 1.165) is 47.8 Å². The van der Waals surface area contributed by atoms with Gasteiger partial charge in [-0.05, 0) is 86.1 Å². The number of nitrogens with two attached hydrogens (primary N) is 1. The topological polar surface area (TPSA) is 142 Å². The predicted molar refractivity (Wildman–Crippen MR) is 158 cm³/mol. The molecule has 1 saturated heterocycles. The molecule has 0 spiro atoms. The highest BCUT2D eigenvalue weighted by Gasteiger charge is 2.34. The van der Waals surface area contributed by atoms with Crippen molar-refractivity contribution in [1.29, 1.82) is 0 Å². The minimum absolute atomic E-state index is 0.190. The van der Waals surface area contributed by atoms with Gasteiger partial charge in [0.2, 0.25) is 20.0 Å². The summed E-state index contributed by atoms with van der Waals surface area (Å²) in [5, 5.41) is 6.05. The van der Waals surface area contributed by atoms with Crippen LogP contribution in [0.25, 0.3) is 0 Å². The Morgan fingerprint density at radius 3 is 2.23 bits per heavy atom. The van der Waals surface area contributed by atoms with Gasteiger partial charge in [0, 0.05) is 32.4 Å². The van der Waals surface area contributed by atoms with Crippen molar-refractivity contribution in [3.8, 4) is 0 Å². The Morgan fingerprint density at radius 2 is 1.65 bits per heavy atom. The fourth-order valence-corrected chi connectivity index (χ4v) is 7.33. The van der Waals surface area contributed by atoms with Crippen molar-refractivity contribution in [3.63, 3.8) is 0 Å². The van der Waals surface area contributed by atoms with E-state index in [1.165, 1.54) is 38.4 Å². The van der Waals surface area contributed by atoms with Crippen LogP contribution in [-0.4, -0.2) is 66.5 Å². The van der Waals surface area contributed by atoms with Gasteiger partial charge in [-0.1, -0.05) is 25.3 Å². The van der Waals surface area contributed by atoms with E-state index in [0.29, 0.717) is 37.8 Å². The normalized spacial score (nSPS) is 17.4. The Morgan fingerprint density at radius 1 is 1.00 bits per heavy atom. The van der Waals surface area contributed by atoms with Gasteiger partial charge in [-0.3, -0.25) is 9.10 Å². The van der Waals surface area contributed by atoms with Gasteiger partial charge in [-0.25, -0.2) is 16.8 Å². The standard InChI is InChI=1S/C28H41N5O5S2/c1-32(39(2,35)36)27-12-7-21(20-30-16-4-15-29)19-26(27)28(34)31-24-8-10-25(11-9-24)40(37,38)33-17-13-23(14-18-33)22-5-3-6-22/h7-12,19,22-23,30H,3-6,13-18,20,29H2,1-2H3,(H,31,34). The lowest BCUT2D eigenvalue weighted by Gasteiger charge is -2.39. The summed E-state index contributed by atoms with van der Waals surface area (Å²) in [5.74, 6) is 0.895. The molecule has 0 atom stereocenters. The van der Waals surface area contributed by atoms with Gasteiger partial charge in [0.25, 0.3) is 5.91 Å². The third kappa shape index (κ3) is 7.22. The molecule has 40 heavy (non-hydrogen) atoms. The SMILES string of the molecule is CN(c1ccc(CNCCCN)cc1C(=O)Nc1ccc(S(=O)(=O)N2CCC(C3CCC3)CC2)cc1)S(C)(=O)=O. The van der Waals surface area contributed by atoms with Crippen LogP contribution in [0.15, 0.2) is 47.4 Å². The van der Waals surface area contributed by atoms with Gasteiger partial charge >= 0.3 is 0 Å². The molecule has 1 heterocycles. The molecule has 4 N–H and O–H groups in total. The van der Waals surface area contributed by atoms with Crippen molar-refractivity contribution in [3.05, 3.63) is 53.6 Å². The zero-order valence-electron chi connectivity index (χ0n) is 23.3. The number of hydrogen-bond donors (Lipinski definition) is 3.